The number of ketones is 1. The summed E-state index contributed by atoms with van der Waals surface area (Å²) in [5, 5.41) is 11.1. The maximum absolute atomic E-state index is 13.9. The lowest BCUT2D eigenvalue weighted by Gasteiger charge is -2.23. The Morgan fingerprint density at radius 1 is 1.09 bits per heavy atom. The minimum absolute atomic E-state index is 0.0861. The topological polar surface area (TPSA) is 80.0 Å². The highest BCUT2D eigenvalue weighted by Crippen LogP contribution is 2.43. The molecule has 1 N–H and O–H groups in total. The monoisotopic (exact) mass is 435 g/mol. The van der Waals surface area contributed by atoms with Crippen molar-refractivity contribution in [1.82, 2.24) is 0 Å². The summed E-state index contributed by atoms with van der Waals surface area (Å²) in [5.74, 6) is -1.34. The van der Waals surface area contributed by atoms with Crippen LogP contribution in [-0.2, 0) is 9.59 Å². The molecule has 1 amide bonds. The summed E-state index contributed by atoms with van der Waals surface area (Å²) in [6.45, 7) is 5.47. The third-order valence-corrected chi connectivity index (χ3v) is 5.04. The molecule has 1 unspecified atom stereocenters. The van der Waals surface area contributed by atoms with Gasteiger partial charge in [-0.3, -0.25) is 14.5 Å². The van der Waals surface area contributed by atoms with Crippen LogP contribution in [0.25, 0.3) is 5.76 Å². The Kier molecular flexibility index (Phi) is 5.57. The van der Waals surface area contributed by atoms with Gasteiger partial charge in [-0.25, -0.2) is 4.39 Å². The molecule has 0 bridgehead atoms. The van der Waals surface area contributed by atoms with Crippen molar-refractivity contribution in [2.75, 3.05) is 4.90 Å². The minimum Gasteiger partial charge on any atom is -0.507 e. The van der Waals surface area contributed by atoms with E-state index < -0.39 is 23.5 Å². The molecule has 7 heteroatoms. The van der Waals surface area contributed by atoms with Crippen LogP contribution in [0.3, 0.4) is 0 Å². The molecule has 0 aliphatic carbocycles. The van der Waals surface area contributed by atoms with E-state index >= 15 is 0 Å². The Balaban J connectivity index is 1.90. The fraction of sp³-hybridized carbons (Fsp3) is 0.200. The molecular weight excluding hydrogens is 413 g/mol. The standard InChI is InChI=1S/C25H22FNO5/c1-14(2)31-19-9-4-6-16(12-19)23(28)21-22(20-11-10-15(3)32-20)27(25(30)24(21)29)18-8-5-7-17(26)13-18/h4-14,22,28H,1-3H3/b23-21-. The number of benzene rings is 2. The highest BCUT2D eigenvalue weighted by molar-refractivity contribution is 6.51. The third-order valence-electron chi connectivity index (χ3n) is 5.04. The van der Waals surface area contributed by atoms with E-state index in [4.69, 9.17) is 9.15 Å². The van der Waals surface area contributed by atoms with Gasteiger partial charge in [-0.2, -0.15) is 0 Å². The fourth-order valence-corrected chi connectivity index (χ4v) is 3.74. The molecule has 0 radical (unpaired) electrons. The largest absolute Gasteiger partial charge is 0.507 e. The maximum Gasteiger partial charge on any atom is 0.300 e. The maximum atomic E-state index is 13.9. The smallest absolute Gasteiger partial charge is 0.300 e. The fourth-order valence-electron chi connectivity index (χ4n) is 3.74. The van der Waals surface area contributed by atoms with Crippen LogP contribution in [-0.4, -0.2) is 22.9 Å². The second kappa shape index (κ2) is 8.34. The van der Waals surface area contributed by atoms with Crippen molar-refractivity contribution in [3.8, 4) is 5.75 Å². The first kappa shape index (κ1) is 21.4. The Hall–Kier alpha value is -3.87. The van der Waals surface area contributed by atoms with Crippen LogP contribution < -0.4 is 9.64 Å². The van der Waals surface area contributed by atoms with E-state index in [1.54, 1.807) is 43.3 Å². The van der Waals surface area contributed by atoms with Crippen molar-refractivity contribution in [3.05, 3.63) is 89.1 Å². The van der Waals surface area contributed by atoms with Crippen molar-refractivity contribution in [2.45, 2.75) is 32.9 Å². The van der Waals surface area contributed by atoms with Crippen LogP contribution in [0.5, 0.6) is 5.75 Å². The second-order valence-corrected chi connectivity index (χ2v) is 7.79. The van der Waals surface area contributed by atoms with Crippen LogP contribution in [0.15, 0.2) is 70.7 Å². The lowest BCUT2D eigenvalue weighted by molar-refractivity contribution is -0.132. The molecule has 6 nitrogen and oxygen atoms in total. The number of hydrogen-bond donors (Lipinski definition) is 1. The SMILES string of the molecule is Cc1ccc(C2/C(=C(/O)c3cccc(OC(C)C)c3)C(=O)C(=O)N2c2cccc(F)c2)o1. The zero-order valence-electron chi connectivity index (χ0n) is 17.8. The Bertz CT molecular complexity index is 1230. The van der Waals surface area contributed by atoms with Crippen LogP contribution in [0.2, 0.25) is 0 Å². The first-order valence-corrected chi connectivity index (χ1v) is 10.2. The Labute approximate surface area is 184 Å². The number of amides is 1. The molecular formula is C25H22FNO5. The van der Waals surface area contributed by atoms with E-state index in [1.165, 1.54) is 18.2 Å². The molecule has 2 heterocycles. The van der Waals surface area contributed by atoms with E-state index in [9.17, 15) is 19.1 Å². The van der Waals surface area contributed by atoms with Gasteiger partial charge in [0.25, 0.3) is 11.7 Å². The van der Waals surface area contributed by atoms with Crippen molar-refractivity contribution in [2.24, 2.45) is 0 Å². The number of aliphatic hydroxyl groups is 1. The zero-order chi connectivity index (χ0) is 23.0. The highest BCUT2D eigenvalue weighted by atomic mass is 19.1. The summed E-state index contributed by atoms with van der Waals surface area (Å²) in [5.41, 5.74) is 0.353. The van der Waals surface area contributed by atoms with Gasteiger partial charge in [0.05, 0.1) is 11.7 Å². The van der Waals surface area contributed by atoms with Crippen LogP contribution in [0, 0.1) is 12.7 Å². The van der Waals surface area contributed by atoms with Crippen molar-refractivity contribution >= 4 is 23.1 Å². The molecule has 4 rings (SSSR count). The number of halogens is 1. The molecule has 3 aromatic rings. The third kappa shape index (κ3) is 3.89. The van der Waals surface area contributed by atoms with Crippen molar-refractivity contribution in [1.29, 1.82) is 0 Å². The van der Waals surface area contributed by atoms with Crippen molar-refractivity contribution < 1.29 is 28.2 Å². The molecule has 164 valence electrons. The van der Waals surface area contributed by atoms with E-state index in [1.807, 2.05) is 13.8 Å². The van der Waals surface area contributed by atoms with E-state index in [0.29, 0.717) is 17.1 Å². The predicted molar refractivity (Wildman–Crippen MR) is 117 cm³/mol. The van der Waals surface area contributed by atoms with Crippen LogP contribution in [0.4, 0.5) is 10.1 Å². The zero-order valence-corrected chi connectivity index (χ0v) is 17.8. The number of carbonyl (C=O) groups is 2. The number of ether oxygens (including phenoxy) is 1. The molecule has 1 fully saturated rings. The number of furan rings is 1. The number of rotatable bonds is 5. The average Bonchev–Trinajstić information content (AvgIpc) is 3.28. The molecule has 0 saturated carbocycles. The van der Waals surface area contributed by atoms with Gasteiger partial charge < -0.3 is 14.3 Å². The molecule has 1 saturated heterocycles. The van der Waals surface area contributed by atoms with Gasteiger partial charge in [0.1, 0.15) is 34.9 Å². The number of aryl methyl sites for hydroxylation is 1. The lowest BCUT2D eigenvalue weighted by atomic mass is 9.99. The number of anilines is 1. The van der Waals surface area contributed by atoms with Gasteiger partial charge in [-0.1, -0.05) is 18.2 Å². The molecule has 0 spiro atoms. The Morgan fingerprint density at radius 2 is 1.84 bits per heavy atom. The van der Waals surface area contributed by atoms with Gasteiger partial charge in [0, 0.05) is 11.3 Å². The molecule has 1 atom stereocenters. The van der Waals surface area contributed by atoms with E-state index in [0.717, 1.165) is 11.0 Å². The summed E-state index contributed by atoms with van der Waals surface area (Å²) in [4.78, 5) is 27.2. The number of carbonyl (C=O) groups excluding carboxylic acids is 2. The van der Waals surface area contributed by atoms with Gasteiger partial charge in [0.15, 0.2) is 0 Å². The summed E-state index contributed by atoms with van der Waals surface area (Å²) >= 11 is 0. The summed E-state index contributed by atoms with van der Waals surface area (Å²) < 4.78 is 25.3. The number of hydrogen-bond acceptors (Lipinski definition) is 5. The van der Waals surface area contributed by atoms with E-state index in [-0.39, 0.29) is 28.9 Å². The summed E-state index contributed by atoms with van der Waals surface area (Å²) in [7, 11) is 0. The van der Waals surface area contributed by atoms with Gasteiger partial charge >= 0.3 is 0 Å². The molecule has 1 aromatic heterocycles. The first-order valence-electron chi connectivity index (χ1n) is 10.2. The minimum atomic E-state index is -1.06. The van der Waals surface area contributed by atoms with Crippen LogP contribution in [0.1, 0.15) is 37.0 Å². The molecule has 1 aliphatic heterocycles. The normalized spacial score (nSPS) is 17.9. The number of nitrogens with zero attached hydrogens (tertiary/aromatic N) is 1. The summed E-state index contributed by atoms with van der Waals surface area (Å²) in [6, 6.07) is 14.3. The van der Waals surface area contributed by atoms with Gasteiger partial charge in [0.2, 0.25) is 0 Å². The number of Topliss-reactive ketones (excluding diaryl/α,β-unsaturated/α-hetero) is 1. The van der Waals surface area contributed by atoms with Crippen molar-refractivity contribution in [3.63, 3.8) is 0 Å². The second-order valence-electron chi connectivity index (χ2n) is 7.79. The van der Waals surface area contributed by atoms with Crippen LogP contribution >= 0.6 is 0 Å². The predicted octanol–water partition coefficient (Wildman–Crippen LogP) is 5.14. The van der Waals surface area contributed by atoms with E-state index in [2.05, 4.69) is 0 Å². The highest BCUT2D eigenvalue weighted by Gasteiger charge is 2.48. The molecule has 1 aliphatic rings. The summed E-state index contributed by atoms with van der Waals surface area (Å²) in [6.07, 6.45) is -0.0861. The Morgan fingerprint density at radius 3 is 2.50 bits per heavy atom. The molecule has 2 aromatic carbocycles. The van der Waals surface area contributed by atoms with Gasteiger partial charge in [-0.15, -0.1) is 0 Å². The average molecular weight is 435 g/mol. The lowest BCUT2D eigenvalue weighted by Crippen LogP contribution is -2.29. The quantitative estimate of drug-likeness (QED) is 0.341. The van der Waals surface area contributed by atoms with Gasteiger partial charge in [-0.05, 0) is 63.2 Å². The molecule has 32 heavy (non-hydrogen) atoms. The first-order chi connectivity index (χ1) is 15.3. The number of aliphatic hydroxyl groups excluding tert-OH is 1.